The van der Waals surface area contributed by atoms with Gasteiger partial charge in [-0.2, -0.15) is 0 Å². The molecule has 0 saturated carbocycles. The van der Waals surface area contributed by atoms with Crippen LogP contribution in [0.25, 0.3) is 0 Å². The fourth-order valence-electron chi connectivity index (χ4n) is 1.24. The summed E-state index contributed by atoms with van der Waals surface area (Å²) in [6.07, 6.45) is 0.941. The Morgan fingerprint density at radius 2 is 2.13 bits per heavy atom. The van der Waals surface area contributed by atoms with Gasteiger partial charge in [0, 0.05) is 16.0 Å². The first-order valence-corrected chi connectivity index (χ1v) is 6.65. The molecule has 1 N–H and O–H groups in total. The van der Waals surface area contributed by atoms with Crippen LogP contribution in [0.3, 0.4) is 0 Å². The average Bonchev–Trinajstić information content (AvgIpc) is 2.65. The van der Waals surface area contributed by atoms with Crippen LogP contribution in [0.1, 0.15) is 31.8 Å². The fourth-order valence-corrected chi connectivity index (χ4v) is 2.33. The molecule has 86 valence electrons. The Bertz CT molecular complexity index is 322. The Balaban J connectivity index is 2.53. The SMILES string of the molecule is CCC(C)S(=O)Cc1ccc(CNC)o1. The third-order valence-electron chi connectivity index (χ3n) is 2.38. The van der Waals surface area contributed by atoms with Gasteiger partial charge in [0.05, 0.1) is 12.3 Å². The summed E-state index contributed by atoms with van der Waals surface area (Å²) in [7, 11) is 1.05. The molecular weight excluding hydrogens is 210 g/mol. The van der Waals surface area contributed by atoms with Crippen molar-refractivity contribution in [3.05, 3.63) is 23.7 Å². The van der Waals surface area contributed by atoms with Crippen molar-refractivity contribution >= 4 is 10.8 Å². The van der Waals surface area contributed by atoms with E-state index in [-0.39, 0.29) is 5.25 Å². The van der Waals surface area contributed by atoms with E-state index in [0.29, 0.717) is 5.75 Å². The van der Waals surface area contributed by atoms with Gasteiger partial charge in [-0.15, -0.1) is 0 Å². The number of rotatable bonds is 6. The first kappa shape index (κ1) is 12.5. The third kappa shape index (κ3) is 3.80. The van der Waals surface area contributed by atoms with E-state index in [4.69, 9.17) is 4.42 Å². The third-order valence-corrected chi connectivity index (χ3v) is 4.18. The van der Waals surface area contributed by atoms with Gasteiger partial charge in [0.25, 0.3) is 0 Å². The van der Waals surface area contributed by atoms with Crippen LogP contribution in [0.4, 0.5) is 0 Å². The standard InChI is InChI=1S/C11H19NO2S/c1-4-9(2)15(13)8-11-6-5-10(14-11)7-12-3/h5-6,9,12H,4,7-8H2,1-3H3. The second kappa shape index (κ2) is 6.08. The highest BCUT2D eigenvalue weighted by Gasteiger charge is 2.11. The second-order valence-electron chi connectivity index (χ2n) is 3.64. The summed E-state index contributed by atoms with van der Waals surface area (Å²) in [5.41, 5.74) is 0. The normalized spacial score (nSPS) is 15.1. The molecule has 0 aliphatic rings. The minimum Gasteiger partial charge on any atom is -0.464 e. The fraction of sp³-hybridized carbons (Fsp3) is 0.636. The molecule has 0 spiro atoms. The van der Waals surface area contributed by atoms with Gasteiger partial charge in [-0.1, -0.05) is 13.8 Å². The van der Waals surface area contributed by atoms with Gasteiger partial charge in [0.1, 0.15) is 11.5 Å². The quantitative estimate of drug-likeness (QED) is 0.811. The second-order valence-corrected chi connectivity index (χ2v) is 5.50. The predicted octanol–water partition coefficient (Wildman–Crippen LogP) is 2.05. The number of hydrogen-bond donors (Lipinski definition) is 1. The van der Waals surface area contributed by atoms with E-state index in [1.165, 1.54) is 0 Å². The van der Waals surface area contributed by atoms with Gasteiger partial charge in [-0.25, -0.2) is 0 Å². The number of hydrogen-bond acceptors (Lipinski definition) is 3. The van der Waals surface area contributed by atoms with Crippen molar-refractivity contribution < 1.29 is 8.63 Å². The Morgan fingerprint density at radius 3 is 2.73 bits per heavy atom. The summed E-state index contributed by atoms with van der Waals surface area (Å²) >= 11 is 0. The van der Waals surface area contributed by atoms with E-state index < -0.39 is 10.8 Å². The summed E-state index contributed by atoms with van der Waals surface area (Å²) < 4.78 is 17.3. The van der Waals surface area contributed by atoms with Crippen molar-refractivity contribution in [1.82, 2.24) is 5.32 Å². The van der Waals surface area contributed by atoms with Crippen LogP contribution in [-0.4, -0.2) is 16.5 Å². The lowest BCUT2D eigenvalue weighted by atomic mass is 10.4. The van der Waals surface area contributed by atoms with Crippen molar-refractivity contribution in [3.63, 3.8) is 0 Å². The van der Waals surface area contributed by atoms with E-state index in [2.05, 4.69) is 12.2 Å². The summed E-state index contributed by atoms with van der Waals surface area (Å²) in [5, 5.41) is 3.25. The zero-order valence-electron chi connectivity index (χ0n) is 9.58. The predicted molar refractivity (Wildman–Crippen MR) is 63.1 cm³/mol. The number of nitrogens with one attached hydrogen (secondary N) is 1. The van der Waals surface area contributed by atoms with Crippen molar-refractivity contribution in [2.45, 2.75) is 37.8 Å². The minimum atomic E-state index is -0.821. The van der Waals surface area contributed by atoms with Crippen LogP contribution in [0.15, 0.2) is 16.5 Å². The Labute approximate surface area is 93.7 Å². The molecule has 0 aliphatic heterocycles. The van der Waals surface area contributed by atoms with Crippen LogP contribution in [0.2, 0.25) is 0 Å². The molecule has 0 aromatic carbocycles. The van der Waals surface area contributed by atoms with E-state index in [0.717, 1.165) is 24.5 Å². The molecule has 1 heterocycles. The molecule has 0 fully saturated rings. The molecule has 15 heavy (non-hydrogen) atoms. The first-order valence-electron chi connectivity index (χ1n) is 5.26. The Kier molecular flexibility index (Phi) is 5.05. The van der Waals surface area contributed by atoms with Gasteiger partial charge in [-0.3, -0.25) is 4.21 Å². The summed E-state index contributed by atoms with van der Waals surface area (Å²) in [5.74, 6) is 2.24. The summed E-state index contributed by atoms with van der Waals surface area (Å²) in [6, 6.07) is 3.84. The van der Waals surface area contributed by atoms with E-state index in [1.54, 1.807) is 0 Å². The highest BCUT2D eigenvalue weighted by Crippen LogP contribution is 2.13. The summed E-state index contributed by atoms with van der Waals surface area (Å²) in [6.45, 7) is 4.78. The van der Waals surface area contributed by atoms with Crippen LogP contribution >= 0.6 is 0 Å². The molecule has 0 radical (unpaired) electrons. The van der Waals surface area contributed by atoms with Crippen molar-refractivity contribution in [2.75, 3.05) is 7.05 Å². The van der Waals surface area contributed by atoms with Crippen molar-refractivity contribution in [2.24, 2.45) is 0 Å². The molecule has 1 aromatic rings. The molecule has 1 aromatic heterocycles. The molecule has 0 amide bonds. The lowest BCUT2D eigenvalue weighted by molar-refractivity contribution is 0.467. The van der Waals surface area contributed by atoms with E-state index in [1.807, 2.05) is 26.1 Å². The zero-order valence-corrected chi connectivity index (χ0v) is 10.4. The first-order chi connectivity index (χ1) is 7.17. The highest BCUT2D eigenvalue weighted by atomic mass is 32.2. The average molecular weight is 229 g/mol. The Morgan fingerprint density at radius 1 is 1.47 bits per heavy atom. The van der Waals surface area contributed by atoms with E-state index >= 15 is 0 Å². The van der Waals surface area contributed by atoms with Crippen LogP contribution in [0, 0.1) is 0 Å². The molecule has 2 unspecified atom stereocenters. The zero-order chi connectivity index (χ0) is 11.3. The molecule has 0 bridgehead atoms. The molecule has 4 heteroatoms. The Hall–Kier alpha value is -0.610. The molecular formula is C11H19NO2S. The van der Waals surface area contributed by atoms with Gasteiger partial charge < -0.3 is 9.73 Å². The largest absolute Gasteiger partial charge is 0.464 e. The van der Waals surface area contributed by atoms with Gasteiger partial charge in [0.15, 0.2) is 0 Å². The molecule has 2 atom stereocenters. The van der Waals surface area contributed by atoms with E-state index in [9.17, 15) is 4.21 Å². The monoisotopic (exact) mass is 229 g/mol. The molecule has 0 saturated heterocycles. The molecule has 0 aliphatic carbocycles. The van der Waals surface area contributed by atoms with Crippen LogP contribution in [-0.2, 0) is 23.1 Å². The lowest BCUT2D eigenvalue weighted by Crippen LogP contribution is -2.10. The smallest absolute Gasteiger partial charge is 0.117 e. The molecule has 1 rings (SSSR count). The minimum absolute atomic E-state index is 0.239. The van der Waals surface area contributed by atoms with Crippen LogP contribution in [0.5, 0.6) is 0 Å². The topological polar surface area (TPSA) is 42.2 Å². The van der Waals surface area contributed by atoms with Crippen molar-refractivity contribution in [1.29, 1.82) is 0 Å². The lowest BCUT2D eigenvalue weighted by Gasteiger charge is -2.06. The van der Waals surface area contributed by atoms with Gasteiger partial charge in [0.2, 0.25) is 0 Å². The number of furan rings is 1. The maximum atomic E-state index is 11.7. The maximum absolute atomic E-state index is 11.7. The summed E-state index contributed by atoms with van der Waals surface area (Å²) in [4.78, 5) is 0. The van der Waals surface area contributed by atoms with Gasteiger partial charge >= 0.3 is 0 Å². The highest BCUT2D eigenvalue weighted by molar-refractivity contribution is 7.84. The van der Waals surface area contributed by atoms with Crippen molar-refractivity contribution in [3.8, 4) is 0 Å². The maximum Gasteiger partial charge on any atom is 0.117 e. The van der Waals surface area contributed by atoms with Crippen LogP contribution < -0.4 is 5.32 Å². The van der Waals surface area contributed by atoms with Gasteiger partial charge in [-0.05, 0) is 25.6 Å². The molecule has 3 nitrogen and oxygen atoms in total.